The van der Waals surface area contributed by atoms with E-state index < -0.39 is 30.0 Å². The fourth-order valence-corrected chi connectivity index (χ4v) is 3.86. The van der Waals surface area contributed by atoms with Gasteiger partial charge in [0, 0.05) is 23.6 Å². The maximum atomic E-state index is 14.3. The van der Waals surface area contributed by atoms with Crippen molar-refractivity contribution in [2.45, 2.75) is 18.4 Å². The number of nitrogens with one attached hydrogen (secondary N) is 2. The first kappa shape index (κ1) is 25.3. The summed E-state index contributed by atoms with van der Waals surface area (Å²) in [4.78, 5) is 14.1. The van der Waals surface area contributed by atoms with Gasteiger partial charge in [0.2, 0.25) is 5.56 Å². The van der Waals surface area contributed by atoms with Gasteiger partial charge in [-0.25, -0.2) is 4.39 Å². The lowest BCUT2D eigenvalue weighted by Gasteiger charge is -2.18. The summed E-state index contributed by atoms with van der Waals surface area (Å²) in [6, 6.07) is 16.9. The Hall–Kier alpha value is -3.82. The molecule has 0 saturated heterocycles. The van der Waals surface area contributed by atoms with Gasteiger partial charge in [-0.15, -0.1) is 0 Å². The number of halogens is 3. The molecule has 9 heteroatoms. The number of phenols is 1. The van der Waals surface area contributed by atoms with Gasteiger partial charge < -0.3 is 25.3 Å². The monoisotopic (exact) mass is 498 g/mol. The lowest BCUT2D eigenvalue weighted by atomic mass is 10.0. The Kier molecular flexibility index (Phi) is 7.61. The number of aromatic amines is 1. The topological polar surface area (TPSA) is 94.6 Å². The van der Waals surface area contributed by atoms with Crippen LogP contribution in [-0.2, 0) is 12.3 Å². The van der Waals surface area contributed by atoms with Crippen LogP contribution in [0.3, 0.4) is 0 Å². The summed E-state index contributed by atoms with van der Waals surface area (Å²) in [6.45, 7) is -0.119. The number of hydrogen-bond donors (Lipinski definition) is 4. The molecule has 0 bridgehead atoms. The SMILES string of the molecule is O=c1ccc2c([C@H](O)CNCCc3ccc(OCC(F)(F)c4cccc(F)c4)cc3)ccc(O)c2[nH]1. The van der Waals surface area contributed by atoms with Gasteiger partial charge in [-0.05, 0) is 60.5 Å². The number of aliphatic hydroxyl groups is 1. The van der Waals surface area contributed by atoms with Gasteiger partial charge in [0.05, 0.1) is 11.6 Å². The summed E-state index contributed by atoms with van der Waals surface area (Å²) in [5.74, 6) is -3.86. The van der Waals surface area contributed by atoms with Gasteiger partial charge in [0.15, 0.2) is 6.61 Å². The van der Waals surface area contributed by atoms with Crippen LogP contribution in [0.1, 0.15) is 22.8 Å². The zero-order valence-electron chi connectivity index (χ0n) is 19.2. The third kappa shape index (κ3) is 6.05. The predicted molar refractivity (Wildman–Crippen MR) is 130 cm³/mol. The van der Waals surface area contributed by atoms with Crippen molar-refractivity contribution in [3.05, 3.63) is 106 Å². The standard InChI is InChI=1S/C27H25F3N2O4/c28-19-3-1-2-18(14-19)27(29,30)16-36-20-6-4-17(5-7-20)12-13-31-15-24(34)21-8-10-23(33)26-22(21)9-11-25(35)32-26/h1-11,14,24,31,33-34H,12-13,15-16H2,(H,32,35)/t24-/m1/s1. The highest BCUT2D eigenvalue weighted by Crippen LogP contribution is 2.30. The Morgan fingerprint density at radius 1 is 1.03 bits per heavy atom. The lowest BCUT2D eigenvalue weighted by Crippen LogP contribution is -2.24. The maximum Gasteiger partial charge on any atom is 0.306 e. The smallest absolute Gasteiger partial charge is 0.306 e. The molecule has 0 aliphatic heterocycles. The molecule has 4 rings (SSSR count). The van der Waals surface area contributed by atoms with Crippen molar-refractivity contribution in [2.24, 2.45) is 0 Å². The number of aromatic nitrogens is 1. The van der Waals surface area contributed by atoms with Gasteiger partial charge >= 0.3 is 5.92 Å². The van der Waals surface area contributed by atoms with Crippen molar-refractivity contribution in [1.29, 1.82) is 0 Å². The maximum absolute atomic E-state index is 14.3. The number of fused-ring (bicyclic) bond motifs is 1. The summed E-state index contributed by atoms with van der Waals surface area (Å²) in [7, 11) is 0. The highest BCUT2D eigenvalue weighted by Gasteiger charge is 2.33. The summed E-state index contributed by atoms with van der Waals surface area (Å²) < 4.78 is 47.0. The quantitative estimate of drug-likeness (QED) is 0.243. The van der Waals surface area contributed by atoms with Crippen molar-refractivity contribution in [3.63, 3.8) is 0 Å². The van der Waals surface area contributed by atoms with Crippen LogP contribution in [0.4, 0.5) is 13.2 Å². The molecule has 0 saturated carbocycles. The van der Waals surface area contributed by atoms with E-state index >= 15 is 0 Å². The van der Waals surface area contributed by atoms with E-state index in [-0.39, 0.29) is 29.1 Å². The number of benzene rings is 3. The number of hydrogen-bond acceptors (Lipinski definition) is 5. The Morgan fingerprint density at radius 3 is 2.56 bits per heavy atom. The third-order valence-corrected chi connectivity index (χ3v) is 5.78. The third-order valence-electron chi connectivity index (χ3n) is 5.78. The van der Waals surface area contributed by atoms with Crippen LogP contribution in [0.2, 0.25) is 0 Å². The van der Waals surface area contributed by atoms with Crippen molar-refractivity contribution in [2.75, 3.05) is 19.7 Å². The van der Waals surface area contributed by atoms with Crippen molar-refractivity contribution in [3.8, 4) is 11.5 Å². The van der Waals surface area contributed by atoms with E-state index in [0.29, 0.717) is 23.9 Å². The highest BCUT2D eigenvalue weighted by molar-refractivity contribution is 5.87. The van der Waals surface area contributed by atoms with Gasteiger partial charge in [0.1, 0.15) is 17.3 Å². The molecule has 0 spiro atoms. The van der Waals surface area contributed by atoms with Crippen LogP contribution in [0, 0.1) is 5.82 Å². The molecule has 6 nitrogen and oxygen atoms in total. The summed E-state index contributed by atoms with van der Waals surface area (Å²) in [6.07, 6.45) is -0.245. The molecule has 4 N–H and O–H groups in total. The van der Waals surface area contributed by atoms with E-state index in [4.69, 9.17) is 4.74 Å². The zero-order chi connectivity index (χ0) is 25.7. The van der Waals surface area contributed by atoms with E-state index in [1.54, 1.807) is 36.4 Å². The first-order chi connectivity index (χ1) is 17.2. The predicted octanol–water partition coefficient (Wildman–Crippen LogP) is 4.41. The van der Waals surface area contributed by atoms with E-state index in [2.05, 4.69) is 10.3 Å². The van der Waals surface area contributed by atoms with Crippen LogP contribution in [-0.4, -0.2) is 34.9 Å². The van der Waals surface area contributed by atoms with Crippen LogP contribution in [0.5, 0.6) is 11.5 Å². The summed E-state index contributed by atoms with van der Waals surface area (Å²) in [5.41, 5.74) is 0.993. The van der Waals surface area contributed by atoms with Crippen LogP contribution in [0.25, 0.3) is 10.9 Å². The summed E-state index contributed by atoms with van der Waals surface area (Å²) >= 11 is 0. The Morgan fingerprint density at radius 2 is 1.81 bits per heavy atom. The number of phenolic OH excluding ortho intramolecular Hbond substituents is 1. The molecule has 0 amide bonds. The average Bonchev–Trinajstić information content (AvgIpc) is 2.86. The molecular formula is C27H25F3N2O4. The molecule has 0 fully saturated rings. The van der Waals surface area contributed by atoms with E-state index in [1.807, 2.05) is 0 Å². The van der Waals surface area contributed by atoms with E-state index in [9.17, 15) is 28.2 Å². The van der Waals surface area contributed by atoms with E-state index in [1.165, 1.54) is 18.2 Å². The molecule has 188 valence electrons. The Balaban J connectivity index is 1.26. The Labute approximate surface area is 205 Å². The molecule has 1 heterocycles. The molecule has 1 atom stereocenters. The molecule has 36 heavy (non-hydrogen) atoms. The molecule has 1 aromatic heterocycles. The number of rotatable bonds is 10. The van der Waals surface area contributed by atoms with Gasteiger partial charge in [0.25, 0.3) is 0 Å². The number of pyridine rings is 1. The molecule has 0 aliphatic carbocycles. The van der Waals surface area contributed by atoms with Gasteiger partial charge in [-0.2, -0.15) is 8.78 Å². The fourth-order valence-electron chi connectivity index (χ4n) is 3.86. The first-order valence-corrected chi connectivity index (χ1v) is 11.3. The van der Waals surface area contributed by atoms with Crippen molar-refractivity contribution >= 4 is 10.9 Å². The number of ether oxygens (including phenoxy) is 1. The number of H-pyrrole nitrogens is 1. The minimum Gasteiger partial charge on any atom is -0.506 e. The fraction of sp³-hybridized carbons (Fsp3) is 0.222. The second-order valence-corrected chi connectivity index (χ2v) is 8.40. The van der Waals surface area contributed by atoms with Crippen LogP contribution in [0.15, 0.2) is 77.6 Å². The van der Waals surface area contributed by atoms with Crippen LogP contribution < -0.4 is 15.6 Å². The molecular weight excluding hydrogens is 473 g/mol. The molecule has 0 radical (unpaired) electrons. The molecule has 0 unspecified atom stereocenters. The molecule has 4 aromatic rings. The number of alkyl halides is 2. The van der Waals surface area contributed by atoms with Crippen LogP contribution >= 0.6 is 0 Å². The van der Waals surface area contributed by atoms with E-state index in [0.717, 1.165) is 23.8 Å². The minimum absolute atomic E-state index is 0.0725. The Bertz CT molecular complexity index is 1390. The van der Waals surface area contributed by atoms with Gasteiger partial charge in [-0.1, -0.05) is 30.3 Å². The van der Waals surface area contributed by atoms with Gasteiger partial charge in [-0.3, -0.25) is 4.79 Å². The normalized spacial score (nSPS) is 12.6. The minimum atomic E-state index is -3.33. The number of aliphatic hydroxyl groups excluding tert-OH is 1. The number of aromatic hydroxyl groups is 1. The van der Waals surface area contributed by atoms with Crippen molar-refractivity contribution in [1.82, 2.24) is 10.3 Å². The molecule has 0 aliphatic rings. The molecule has 3 aromatic carbocycles. The second-order valence-electron chi connectivity index (χ2n) is 8.40. The zero-order valence-corrected chi connectivity index (χ0v) is 19.2. The van der Waals surface area contributed by atoms with Crippen molar-refractivity contribution < 1.29 is 28.1 Å². The lowest BCUT2D eigenvalue weighted by molar-refractivity contribution is -0.0469. The highest BCUT2D eigenvalue weighted by atomic mass is 19.3. The first-order valence-electron chi connectivity index (χ1n) is 11.3. The largest absolute Gasteiger partial charge is 0.506 e. The summed E-state index contributed by atoms with van der Waals surface area (Å²) in [5, 5.41) is 24.3. The average molecular weight is 499 g/mol. The second kappa shape index (κ2) is 10.8.